The molecular formula is C16H34N2. The van der Waals surface area contributed by atoms with Crippen LogP contribution in [0.1, 0.15) is 78.1 Å². The summed E-state index contributed by atoms with van der Waals surface area (Å²) in [6.45, 7) is 6.64. The molecular weight excluding hydrogens is 220 g/mol. The Kier molecular flexibility index (Phi) is 7.92. The van der Waals surface area contributed by atoms with E-state index in [0.29, 0.717) is 11.5 Å². The van der Waals surface area contributed by atoms with E-state index >= 15 is 0 Å². The lowest BCUT2D eigenvalue weighted by molar-refractivity contribution is 0.179. The lowest BCUT2D eigenvalue weighted by Crippen LogP contribution is -2.37. The molecule has 0 radical (unpaired) electrons. The van der Waals surface area contributed by atoms with Crippen LogP contribution in [0.4, 0.5) is 0 Å². The van der Waals surface area contributed by atoms with Crippen molar-refractivity contribution >= 4 is 0 Å². The summed E-state index contributed by atoms with van der Waals surface area (Å²) in [4.78, 5) is 0. The van der Waals surface area contributed by atoms with Crippen molar-refractivity contribution in [1.82, 2.24) is 5.32 Å². The maximum Gasteiger partial charge on any atom is 0.00387 e. The number of hydrogen-bond donors (Lipinski definition) is 2. The van der Waals surface area contributed by atoms with Gasteiger partial charge in [0.25, 0.3) is 0 Å². The second-order valence-electron chi connectivity index (χ2n) is 6.37. The third-order valence-corrected chi connectivity index (χ3v) is 4.74. The van der Waals surface area contributed by atoms with E-state index in [2.05, 4.69) is 19.2 Å². The number of rotatable bonds is 9. The van der Waals surface area contributed by atoms with Gasteiger partial charge in [0.05, 0.1) is 0 Å². The molecule has 1 aliphatic rings. The van der Waals surface area contributed by atoms with Crippen LogP contribution in [0.2, 0.25) is 0 Å². The van der Waals surface area contributed by atoms with Crippen LogP contribution in [0.25, 0.3) is 0 Å². The van der Waals surface area contributed by atoms with E-state index in [1.54, 1.807) is 0 Å². The highest BCUT2D eigenvalue weighted by molar-refractivity contribution is 4.84. The molecule has 0 aromatic carbocycles. The van der Waals surface area contributed by atoms with Gasteiger partial charge < -0.3 is 11.1 Å². The first kappa shape index (κ1) is 16.0. The lowest BCUT2D eigenvalue weighted by atomic mass is 9.72. The Morgan fingerprint density at radius 3 is 2.50 bits per heavy atom. The molecule has 108 valence electrons. The summed E-state index contributed by atoms with van der Waals surface area (Å²) in [7, 11) is 0. The second kappa shape index (κ2) is 8.92. The SMILES string of the molecule is CCCCCC(C)NCCC1(CN)CCCCC1. The highest BCUT2D eigenvalue weighted by Crippen LogP contribution is 2.37. The Bertz CT molecular complexity index is 197. The van der Waals surface area contributed by atoms with Crippen LogP contribution in [0.5, 0.6) is 0 Å². The molecule has 2 nitrogen and oxygen atoms in total. The minimum atomic E-state index is 0.467. The summed E-state index contributed by atoms with van der Waals surface area (Å²) in [5.74, 6) is 0. The zero-order chi connectivity index (χ0) is 13.3. The van der Waals surface area contributed by atoms with E-state index in [9.17, 15) is 0 Å². The van der Waals surface area contributed by atoms with Crippen LogP contribution in [0.15, 0.2) is 0 Å². The Morgan fingerprint density at radius 2 is 1.89 bits per heavy atom. The molecule has 2 heteroatoms. The second-order valence-corrected chi connectivity index (χ2v) is 6.37. The largest absolute Gasteiger partial charge is 0.330 e. The number of unbranched alkanes of at least 4 members (excludes halogenated alkanes) is 2. The lowest BCUT2D eigenvalue weighted by Gasteiger charge is -2.36. The summed E-state index contributed by atoms with van der Waals surface area (Å²) in [5, 5.41) is 3.69. The first-order valence-corrected chi connectivity index (χ1v) is 8.16. The van der Waals surface area contributed by atoms with Gasteiger partial charge in [0, 0.05) is 6.04 Å². The van der Waals surface area contributed by atoms with Crippen molar-refractivity contribution in [2.24, 2.45) is 11.1 Å². The molecule has 0 aromatic heterocycles. The smallest absolute Gasteiger partial charge is 0.00387 e. The van der Waals surface area contributed by atoms with E-state index in [1.807, 2.05) is 0 Å². The van der Waals surface area contributed by atoms with Gasteiger partial charge in [-0.3, -0.25) is 0 Å². The van der Waals surface area contributed by atoms with Crippen LogP contribution in [0.3, 0.4) is 0 Å². The quantitative estimate of drug-likeness (QED) is 0.613. The zero-order valence-electron chi connectivity index (χ0n) is 12.6. The molecule has 18 heavy (non-hydrogen) atoms. The summed E-state index contributed by atoms with van der Waals surface area (Å²) < 4.78 is 0. The average molecular weight is 254 g/mol. The normalized spacial score (nSPS) is 20.8. The molecule has 0 aromatic rings. The van der Waals surface area contributed by atoms with Gasteiger partial charge in [0.2, 0.25) is 0 Å². The zero-order valence-corrected chi connectivity index (χ0v) is 12.6. The predicted molar refractivity (Wildman–Crippen MR) is 80.8 cm³/mol. The molecule has 0 aliphatic heterocycles. The van der Waals surface area contributed by atoms with Crippen LogP contribution in [0, 0.1) is 5.41 Å². The van der Waals surface area contributed by atoms with Gasteiger partial charge in [0.15, 0.2) is 0 Å². The Hall–Kier alpha value is -0.0800. The van der Waals surface area contributed by atoms with Gasteiger partial charge in [-0.15, -0.1) is 0 Å². The third kappa shape index (κ3) is 5.71. The fourth-order valence-electron chi connectivity index (χ4n) is 3.24. The first-order chi connectivity index (χ1) is 8.72. The van der Waals surface area contributed by atoms with Crippen molar-refractivity contribution in [2.45, 2.75) is 84.1 Å². The molecule has 1 fully saturated rings. The molecule has 1 aliphatic carbocycles. The molecule has 1 rings (SSSR count). The molecule has 0 amide bonds. The van der Waals surface area contributed by atoms with E-state index in [0.717, 1.165) is 13.1 Å². The van der Waals surface area contributed by atoms with Crippen molar-refractivity contribution in [1.29, 1.82) is 0 Å². The van der Waals surface area contributed by atoms with Gasteiger partial charge >= 0.3 is 0 Å². The topological polar surface area (TPSA) is 38.0 Å². The van der Waals surface area contributed by atoms with Gasteiger partial charge in [-0.05, 0) is 51.1 Å². The number of nitrogens with one attached hydrogen (secondary N) is 1. The minimum absolute atomic E-state index is 0.467. The van der Waals surface area contributed by atoms with E-state index < -0.39 is 0 Å². The van der Waals surface area contributed by atoms with Gasteiger partial charge in [-0.1, -0.05) is 45.4 Å². The number of hydrogen-bond acceptors (Lipinski definition) is 2. The van der Waals surface area contributed by atoms with E-state index in [-0.39, 0.29) is 0 Å². The average Bonchev–Trinajstić information content (AvgIpc) is 2.40. The van der Waals surface area contributed by atoms with Crippen LogP contribution in [-0.2, 0) is 0 Å². The monoisotopic (exact) mass is 254 g/mol. The third-order valence-electron chi connectivity index (χ3n) is 4.74. The molecule has 1 atom stereocenters. The van der Waals surface area contributed by atoms with Crippen molar-refractivity contribution in [3.05, 3.63) is 0 Å². The van der Waals surface area contributed by atoms with Gasteiger partial charge in [-0.25, -0.2) is 0 Å². The van der Waals surface area contributed by atoms with Crippen molar-refractivity contribution in [2.75, 3.05) is 13.1 Å². The van der Waals surface area contributed by atoms with Gasteiger partial charge in [-0.2, -0.15) is 0 Å². The van der Waals surface area contributed by atoms with Crippen molar-refractivity contribution in [3.8, 4) is 0 Å². The summed E-state index contributed by atoms with van der Waals surface area (Å²) in [6.07, 6.45) is 13.6. The van der Waals surface area contributed by atoms with Crippen LogP contribution >= 0.6 is 0 Å². The van der Waals surface area contributed by atoms with Crippen LogP contribution < -0.4 is 11.1 Å². The predicted octanol–water partition coefficient (Wildman–Crippen LogP) is 3.84. The molecule has 0 bridgehead atoms. The maximum atomic E-state index is 6.03. The van der Waals surface area contributed by atoms with E-state index in [1.165, 1.54) is 64.2 Å². The van der Waals surface area contributed by atoms with Crippen molar-refractivity contribution < 1.29 is 0 Å². The highest BCUT2D eigenvalue weighted by Gasteiger charge is 2.29. The summed E-state index contributed by atoms with van der Waals surface area (Å²) in [6, 6.07) is 0.676. The Balaban J connectivity index is 2.14. The summed E-state index contributed by atoms with van der Waals surface area (Å²) >= 11 is 0. The standard InChI is InChI=1S/C16H34N2/c1-3-4-6-9-15(2)18-13-12-16(14-17)10-7-5-8-11-16/h15,18H,3-14,17H2,1-2H3. The van der Waals surface area contributed by atoms with Crippen molar-refractivity contribution in [3.63, 3.8) is 0 Å². The molecule has 1 saturated carbocycles. The Morgan fingerprint density at radius 1 is 1.17 bits per heavy atom. The molecule has 0 heterocycles. The maximum absolute atomic E-state index is 6.03. The fourth-order valence-corrected chi connectivity index (χ4v) is 3.24. The molecule has 3 N–H and O–H groups in total. The fraction of sp³-hybridized carbons (Fsp3) is 1.00. The molecule has 0 spiro atoms. The summed E-state index contributed by atoms with van der Waals surface area (Å²) in [5.41, 5.74) is 6.49. The Labute approximate surface area is 114 Å². The minimum Gasteiger partial charge on any atom is -0.330 e. The first-order valence-electron chi connectivity index (χ1n) is 8.16. The van der Waals surface area contributed by atoms with E-state index in [4.69, 9.17) is 5.73 Å². The van der Waals surface area contributed by atoms with Crippen LogP contribution in [-0.4, -0.2) is 19.1 Å². The van der Waals surface area contributed by atoms with Gasteiger partial charge in [0.1, 0.15) is 0 Å². The number of nitrogens with two attached hydrogens (primary N) is 1. The molecule has 0 saturated heterocycles. The highest BCUT2D eigenvalue weighted by atomic mass is 14.9. The molecule has 1 unspecified atom stereocenters.